The van der Waals surface area contributed by atoms with Crippen LogP contribution in [0.3, 0.4) is 0 Å². The molecule has 0 saturated carbocycles. The molecule has 8 heteroatoms. The van der Waals surface area contributed by atoms with E-state index in [4.69, 9.17) is 4.74 Å². The van der Waals surface area contributed by atoms with Crippen molar-refractivity contribution in [1.82, 2.24) is 14.5 Å². The molecule has 2 N–H and O–H groups in total. The predicted octanol–water partition coefficient (Wildman–Crippen LogP) is 0.398. The van der Waals surface area contributed by atoms with Gasteiger partial charge in [0.1, 0.15) is 10.6 Å². The number of aromatic nitrogens is 2. The van der Waals surface area contributed by atoms with Crippen LogP contribution in [0.25, 0.3) is 0 Å². The van der Waals surface area contributed by atoms with Crippen molar-refractivity contribution in [3.05, 3.63) is 11.4 Å². The minimum absolute atomic E-state index is 0.0740. The number of H-pyrrole nitrogens is 1. The first-order chi connectivity index (χ1) is 9.17. The number of hydrogen-bond donors (Lipinski definition) is 2. The molecule has 2 rings (SSSR count). The molecule has 0 radical (unpaired) electrons. The number of ether oxygens (including phenoxy) is 1. The molecule has 1 saturated heterocycles. The Labute approximate surface area is 119 Å². The molecule has 20 heavy (non-hydrogen) atoms. The van der Waals surface area contributed by atoms with E-state index in [0.29, 0.717) is 12.2 Å². The molecule has 7 nitrogen and oxygen atoms in total. The molecule has 1 unspecified atom stereocenters. The number of aliphatic hydroxyl groups is 1. The van der Waals surface area contributed by atoms with E-state index in [-0.39, 0.29) is 23.2 Å². The normalized spacial score (nSPS) is 23.9. The van der Waals surface area contributed by atoms with Gasteiger partial charge in [-0.05, 0) is 27.7 Å². The zero-order chi connectivity index (χ0) is 15.1. The molecule has 0 aromatic carbocycles. The van der Waals surface area contributed by atoms with Gasteiger partial charge in [0.15, 0.2) is 0 Å². The highest BCUT2D eigenvalue weighted by molar-refractivity contribution is 7.89. The average Bonchev–Trinajstić information content (AvgIpc) is 2.68. The molecule has 0 aliphatic carbocycles. The highest BCUT2D eigenvalue weighted by Crippen LogP contribution is 2.28. The standard InChI is InChI=1S/C12H21N3O4S/c1-8-5-15(7-12(3,4)19-8)20(17,18)11-9(2)13-14-10(11)6-16/h8,16H,5-7H2,1-4H3,(H,13,14). The summed E-state index contributed by atoms with van der Waals surface area (Å²) >= 11 is 0. The van der Waals surface area contributed by atoms with E-state index in [1.165, 1.54) is 4.31 Å². The van der Waals surface area contributed by atoms with Crippen molar-refractivity contribution in [2.75, 3.05) is 13.1 Å². The second kappa shape index (κ2) is 5.10. The quantitative estimate of drug-likeness (QED) is 0.842. The van der Waals surface area contributed by atoms with Gasteiger partial charge in [0.05, 0.1) is 24.0 Å². The summed E-state index contributed by atoms with van der Waals surface area (Å²) in [4.78, 5) is 0.0740. The van der Waals surface area contributed by atoms with Crippen molar-refractivity contribution >= 4 is 10.0 Å². The van der Waals surface area contributed by atoms with Gasteiger partial charge in [-0.15, -0.1) is 0 Å². The molecule has 1 fully saturated rings. The zero-order valence-corrected chi connectivity index (χ0v) is 13.0. The molecular formula is C12H21N3O4S. The lowest BCUT2D eigenvalue weighted by molar-refractivity contribution is -0.109. The Kier molecular flexibility index (Phi) is 3.94. The first-order valence-electron chi connectivity index (χ1n) is 6.50. The Bertz CT molecular complexity index is 594. The lowest BCUT2D eigenvalue weighted by Crippen LogP contribution is -2.53. The molecule has 114 valence electrons. The minimum atomic E-state index is -3.70. The number of morpholine rings is 1. The molecule has 0 amide bonds. The number of aryl methyl sites for hydroxylation is 1. The Morgan fingerprint density at radius 2 is 2.20 bits per heavy atom. The summed E-state index contributed by atoms with van der Waals surface area (Å²) in [7, 11) is -3.70. The van der Waals surface area contributed by atoms with Crippen molar-refractivity contribution in [2.24, 2.45) is 0 Å². The van der Waals surface area contributed by atoms with Crippen LogP contribution in [0.2, 0.25) is 0 Å². The van der Waals surface area contributed by atoms with Gasteiger partial charge in [-0.25, -0.2) is 8.42 Å². The number of aliphatic hydroxyl groups excluding tert-OH is 1. The molecule has 0 spiro atoms. The third-order valence-corrected chi connectivity index (χ3v) is 5.26. The summed E-state index contributed by atoms with van der Waals surface area (Å²) in [5.74, 6) is 0. The Morgan fingerprint density at radius 1 is 1.55 bits per heavy atom. The first kappa shape index (κ1) is 15.4. The Hall–Kier alpha value is -0.960. The molecular weight excluding hydrogens is 282 g/mol. The van der Waals surface area contributed by atoms with E-state index in [0.717, 1.165) is 0 Å². The maximum Gasteiger partial charge on any atom is 0.247 e. The van der Waals surface area contributed by atoms with Gasteiger partial charge in [0, 0.05) is 13.1 Å². The van der Waals surface area contributed by atoms with Gasteiger partial charge >= 0.3 is 0 Å². The van der Waals surface area contributed by atoms with Crippen LogP contribution < -0.4 is 0 Å². The fraction of sp³-hybridized carbons (Fsp3) is 0.750. The monoisotopic (exact) mass is 303 g/mol. The SMILES string of the molecule is Cc1[nH]nc(CO)c1S(=O)(=O)N1CC(C)OC(C)(C)C1. The Balaban J connectivity index is 2.42. The van der Waals surface area contributed by atoms with Crippen LogP contribution in [-0.4, -0.2) is 52.8 Å². The molecule has 1 atom stereocenters. The topological polar surface area (TPSA) is 95.5 Å². The van der Waals surface area contributed by atoms with E-state index in [1.807, 2.05) is 20.8 Å². The third kappa shape index (κ3) is 2.73. The largest absolute Gasteiger partial charge is 0.390 e. The van der Waals surface area contributed by atoms with E-state index < -0.39 is 22.2 Å². The summed E-state index contributed by atoms with van der Waals surface area (Å²) in [5, 5.41) is 15.7. The first-order valence-corrected chi connectivity index (χ1v) is 7.94. The number of hydrogen-bond acceptors (Lipinski definition) is 5. The lowest BCUT2D eigenvalue weighted by atomic mass is 10.1. The van der Waals surface area contributed by atoms with Crippen molar-refractivity contribution in [3.63, 3.8) is 0 Å². The van der Waals surface area contributed by atoms with Crippen molar-refractivity contribution in [1.29, 1.82) is 0 Å². The summed E-state index contributed by atoms with van der Waals surface area (Å²) < 4.78 is 32.7. The summed E-state index contributed by atoms with van der Waals surface area (Å²) in [6.07, 6.45) is -0.182. The van der Waals surface area contributed by atoms with Gasteiger partial charge in [-0.3, -0.25) is 5.10 Å². The lowest BCUT2D eigenvalue weighted by Gasteiger charge is -2.40. The van der Waals surface area contributed by atoms with Gasteiger partial charge in [0.2, 0.25) is 10.0 Å². The Morgan fingerprint density at radius 3 is 2.75 bits per heavy atom. The highest BCUT2D eigenvalue weighted by Gasteiger charge is 2.39. The van der Waals surface area contributed by atoms with Crippen LogP contribution in [0.1, 0.15) is 32.2 Å². The number of rotatable bonds is 3. The van der Waals surface area contributed by atoms with Gasteiger partial charge in [-0.2, -0.15) is 9.40 Å². The molecule has 1 aliphatic rings. The average molecular weight is 303 g/mol. The van der Waals surface area contributed by atoms with Crippen LogP contribution >= 0.6 is 0 Å². The summed E-state index contributed by atoms with van der Waals surface area (Å²) in [6, 6.07) is 0. The van der Waals surface area contributed by atoms with Crippen molar-refractivity contribution in [3.8, 4) is 0 Å². The molecule has 2 heterocycles. The molecule has 0 bridgehead atoms. The van der Waals surface area contributed by atoms with Gasteiger partial charge in [0.25, 0.3) is 0 Å². The zero-order valence-electron chi connectivity index (χ0n) is 12.2. The number of sulfonamides is 1. The summed E-state index contributed by atoms with van der Waals surface area (Å²) in [5.41, 5.74) is 0.0485. The molecule has 1 aromatic rings. The number of nitrogens with zero attached hydrogens (tertiary/aromatic N) is 2. The number of aromatic amines is 1. The van der Waals surface area contributed by atoms with E-state index in [1.54, 1.807) is 6.92 Å². The van der Waals surface area contributed by atoms with Crippen LogP contribution in [0.4, 0.5) is 0 Å². The molecule has 1 aliphatic heterocycles. The van der Waals surface area contributed by atoms with Gasteiger partial charge < -0.3 is 9.84 Å². The fourth-order valence-corrected chi connectivity index (χ4v) is 4.61. The number of nitrogens with one attached hydrogen (secondary N) is 1. The second-order valence-corrected chi connectivity index (χ2v) is 7.64. The maximum atomic E-state index is 12.8. The van der Waals surface area contributed by atoms with E-state index in [2.05, 4.69) is 10.2 Å². The van der Waals surface area contributed by atoms with Crippen LogP contribution in [0, 0.1) is 6.92 Å². The minimum Gasteiger partial charge on any atom is -0.390 e. The predicted molar refractivity (Wildman–Crippen MR) is 72.6 cm³/mol. The molecule has 1 aromatic heterocycles. The van der Waals surface area contributed by atoms with Crippen LogP contribution in [0.15, 0.2) is 4.90 Å². The van der Waals surface area contributed by atoms with E-state index >= 15 is 0 Å². The third-order valence-electron chi connectivity index (χ3n) is 3.25. The second-order valence-electron chi connectivity index (χ2n) is 5.77. The van der Waals surface area contributed by atoms with Crippen molar-refractivity contribution in [2.45, 2.75) is 50.9 Å². The van der Waals surface area contributed by atoms with Crippen LogP contribution in [-0.2, 0) is 21.4 Å². The van der Waals surface area contributed by atoms with Gasteiger partial charge in [-0.1, -0.05) is 0 Å². The smallest absolute Gasteiger partial charge is 0.247 e. The van der Waals surface area contributed by atoms with E-state index in [9.17, 15) is 13.5 Å². The maximum absolute atomic E-state index is 12.8. The fourth-order valence-electron chi connectivity index (χ4n) is 2.63. The van der Waals surface area contributed by atoms with Crippen molar-refractivity contribution < 1.29 is 18.3 Å². The summed E-state index contributed by atoms with van der Waals surface area (Å²) in [6.45, 7) is 7.35. The van der Waals surface area contributed by atoms with Crippen LogP contribution in [0.5, 0.6) is 0 Å². The highest BCUT2D eigenvalue weighted by atomic mass is 32.2.